The first-order valence-corrected chi connectivity index (χ1v) is 6.35. The van der Waals surface area contributed by atoms with Crippen molar-refractivity contribution in [3.05, 3.63) is 35.9 Å². The van der Waals surface area contributed by atoms with Gasteiger partial charge in [0.05, 0.1) is 6.61 Å². The maximum absolute atomic E-state index is 11.1. The van der Waals surface area contributed by atoms with Crippen LogP contribution in [0.25, 0.3) is 0 Å². The van der Waals surface area contributed by atoms with E-state index < -0.39 is 0 Å². The topological polar surface area (TPSA) is 52.6 Å². The molecule has 0 aromatic heterocycles. The Morgan fingerprint density at radius 2 is 2.17 bits per heavy atom. The van der Waals surface area contributed by atoms with E-state index in [-0.39, 0.29) is 24.6 Å². The molecule has 1 heterocycles. The minimum Gasteiger partial charge on any atom is -0.395 e. The predicted octanol–water partition coefficient (Wildman–Crippen LogP) is 0.758. The van der Waals surface area contributed by atoms with Crippen LogP contribution >= 0.6 is 0 Å². The molecule has 2 atom stereocenters. The second-order valence-corrected chi connectivity index (χ2v) is 4.88. The molecule has 0 aliphatic carbocycles. The zero-order valence-electron chi connectivity index (χ0n) is 10.7. The van der Waals surface area contributed by atoms with Gasteiger partial charge in [-0.3, -0.25) is 9.69 Å². The van der Waals surface area contributed by atoms with Gasteiger partial charge in [-0.05, 0) is 12.0 Å². The molecule has 0 saturated carbocycles. The largest absolute Gasteiger partial charge is 0.395 e. The van der Waals surface area contributed by atoms with Crippen LogP contribution in [-0.4, -0.2) is 41.1 Å². The van der Waals surface area contributed by atoms with Crippen LogP contribution in [0.3, 0.4) is 0 Å². The summed E-state index contributed by atoms with van der Waals surface area (Å²) in [5.41, 5.74) is 1.24. The molecule has 0 radical (unpaired) electrons. The molecule has 4 nitrogen and oxygen atoms in total. The lowest BCUT2D eigenvalue weighted by Crippen LogP contribution is -2.35. The Morgan fingerprint density at radius 1 is 1.44 bits per heavy atom. The van der Waals surface area contributed by atoms with Gasteiger partial charge in [-0.1, -0.05) is 30.3 Å². The summed E-state index contributed by atoms with van der Waals surface area (Å²) in [5.74, 6) is -0.00162. The van der Waals surface area contributed by atoms with E-state index in [1.807, 2.05) is 18.2 Å². The van der Waals surface area contributed by atoms with Crippen molar-refractivity contribution in [2.45, 2.75) is 32.0 Å². The average Bonchev–Trinajstić information content (AvgIpc) is 2.71. The molecule has 1 aromatic rings. The fourth-order valence-electron chi connectivity index (χ4n) is 2.58. The van der Waals surface area contributed by atoms with E-state index in [9.17, 15) is 9.90 Å². The molecule has 2 N–H and O–H groups in total. The van der Waals surface area contributed by atoms with Gasteiger partial charge < -0.3 is 10.4 Å². The summed E-state index contributed by atoms with van der Waals surface area (Å²) in [7, 11) is 0. The van der Waals surface area contributed by atoms with Crippen molar-refractivity contribution in [3.63, 3.8) is 0 Å². The minimum atomic E-state index is -0.00162. The molecule has 1 saturated heterocycles. The highest BCUT2D eigenvalue weighted by Gasteiger charge is 2.31. The number of nitrogens with one attached hydrogen (secondary N) is 1. The van der Waals surface area contributed by atoms with E-state index in [1.54, 1.807) is 0 Å². The summed E-state index contributed by atoms with van der Waals surface area (Å²) in [6.07, 6.45) is 0.822. The molecule has 98 valence electrons. The monoisotopic (exact) mass is 248 g/mol. The molecule has 1 aromatic carbocycles. The van der Waals surface area contributed by atoms with Crippen LogP contribution < -0.4 is 5.32 Å². The maximum atomic E-state index is 11.1. The highest BCUT2D eigenvalue weighted by molar-refractivity contribution is 5.73. The molecule has 1 fully saturated rings. The molecule has 0 spiro atoms. The van der Waals surface area contributed by atoms with Crippen molar-refractivity contribution in [1.29, 1.82) is 0 Å². The van der Waals surface area contributed by atoms with E-state index in [4.69, 9.17) is 0 Å². The molecule has 0 bridgehead atoms. The standard InChI is InChI=1S/C14H20N2O2/c1-11(18)15-13-7-14(10-17)16(9-13)8-12-5-3-2-4-6-12/h2-6,13-14,17H,7-10H2,1H3,(H,15,18)/t13-,14-/m1/s1. The number of aliphatic hydroxyl groups excluding tert-OH is 1. The summed E-state index contributed by atoms with van der Waals surface area (Å²) in [4.78, 5) is 13.3. The Kier molecular flexibility index (Phi) is 4.33. The number of carbonyl (C=O) groups excluding carboxylic acids is 1. The van der Waals surface area contributed by atoms with Crippen LogP contribution in [0, 0.1) is 0 Å². The summed E-state index contributed by atoms with van der Waals surface area (Å²) in [6.45, 7) is 3.30. The Balaban J connectivity index is 1.97. The molecule has 2 rings (SSSR count). The van der Waals surface area contributed by atoms with Gasteiger partial charge in [-0.25, -0.2) is 0 Å². The van der Waals surface area contributed by atoms with Gasteiger partial charge in [-0.15, -0.1) is 0 Å². The number of aliphatic hydroxyl groups is 1. The first kappa shape index (κ1) is 13.1. The lowest BCUT2D eigenvalue weighted by atomic mass is 10.1. The molecule has 1 aliphatic rings. The number of rotatable bonds is 4. The Hall–Kier alpha value is -1.39. The summed E-state index contributed by atoms with van der Waals surface area (Å²) in [5, 5.41) is 12.3. The number of amides is 1. The van der Waals surface area contributed by atoms with Crippen molar-refractivity contribution in [3.8, 4) is 0 Å². The maximum Gasteiger partial charge on any atom is 0.217 e. The quantitative estimate of drug-likeness (QED) is 0.827. The second-order valence-electron chi connectivity index (χ2n) is 4.88. The van der Waals surface area contributed by atoms with Crippen LogP contribution in [0.4, 0.5) is 0 Å². The van der Waals surface area contributed by atoms with E-state index in [0.29, 0.717) is 0 Å². The van der Waals surface area contributed by atoms with Gasteiger partial charge >= 0.3 is 0 Å². The normalized spacial score (nSPS) is 24.1. The average molecular weight is 248 g/mol. The summed E-state index contributed by atoms with van der Waals surface area (Å²) < 4.78 is 0. The third kappa shape index (κ3) is 3.31. The fourth-order valence-corrected chi connectivity index (χ4v) is 2.58. The summed E-state index contributed by atoms with van der Waals surface area (Å²) in [6, 6.07) is 10.5. The summed E-state index contributed by atoms with van der Waals surface area (Å²) >= 11 is 0. The van der Waals surface area contributed by atoms with Crippen LogP contribution in [0.1, 0.15) is 18.9 Å². The predicted molar refractivity (Wildman–Crippen MR) is 69.9 cm³/mol. The Bertz CT molecular complexity index is 394. The smallest absolute Gasteiger partial charge is 0.217 e. The van der Waals surface area contributed by atoms with Gasteiger partial charge in [0.2, 0.25) is 5.91 Å². The first-order valence-electron chi connectivity index (χ1n) is 6.35. The SMILES string of the molecule is CC(=O)N[C@@H]1C[C@H](CO)N(Cc2ccccc2)C1. The molecule has 1 amide bonds. The van der Waals surface area contributed by atoms with Gasteiger partial charge in [0.25, 0.3) is 0 Å². The molecular formula is C14H20N2O2. The second kappa shape index (κ2) is 5.98. The van der Waals surface area contributed by atoms with Crippen molar-refractivity contribution in [2.24, 2.45) is 0 Å². The van der Waals surface area contributed by atoms with Gasteiger partial charge in [-0.2, -0.15) is 0 Å². The third-order valence-electron chi connectivity index (χ3n) is 3.37. The Morgan fingerprint density at radius 3 is 2.78 bits per heavy atom. The molecule has 0 unspecified atom stereocenters. The molecule has 4 heteroatoms. The minimum absolute atomic E-state index is 0.00162. The van der Waals surface area contributed by atoms with Crippen molar-refractivity contribution >= 4 is 5.91 Å². The van der Waals surface area contributed by atoms with E-state index in [0.717, 1.165) is 19.5 Å². The number of hydrogen-bond acceptors (Lipinski definition) is 3. The van der Waals surface area contributed by atoms with E-state index in [2.05, 4.69) is 22.3 Å². The third-order valence-corrected chi connectivity index (χ3v) is 3.37. The number of nitrogens with zero attached hydrogens (tertiary/aromatic N) is 1. The van der Waals surface area contributed by atoms with Crippen LogP contribution in [0.5, 0.6) is 0 Å². The lowest BCUT2D eigenvalue weighted by molar-refractivity contribution is -0.119. The lowest BCUT2D eigenvalue weighted by Gasteiger charge is -2.22. The molecule has 1 aliphatic heterocycles. The zero-order valence-corrected chi connectivity index (χ0v) is 10.7. The van der Waals surface area contributed by atoms with Crippen LogP contribution in [0.2, 0.25) is 0 Å². The van der Waals surface area contributed by atoms with Gasteiger partial charge in [0.15, 0.2) is 0 Å². The van der Waals surface area contributed by atoms with Crippen LogP contribution in [0.15, 0.2) is 30.3 Å². The fraction of sp³-hybridized carbons (Fsp3) is 0.500. The van der Waals surface area contributed by atoms with E-state index >= 15 is 0 Å². The Labute approximate surface area is 108 Å². The number of likely N-dealkylation sites (tertiary alicyclic amines) is 1. The van der Waals surface area contributed by atoms with Crippen LogP contribution in [-0.2, 0) is 11.3 Å². The van der Waals surface area contributed by atoms with Crippen molar-refractivity contribution in [1.82, 2.24) is 10.2 Å². The zero-order chi connectivity index (χ0) is 13.0. The van der Waals surface area contributed by atoms with Gasteiger partial charge in [0.1, 0.15) is 0 Å². The number of carbonyl (C=O) groups is 1. The first-order chi connectivity index (χ1) is 8.69. The number of benzene rings is 1. The van der Waals surface area contributed by atoms with Crippen molar-refractivity contribution in [2.75, 3.05) is 13.2 Å². The highest BCUT2D eigenvalue weighted by atomic mass is 16.3. The van der Waals surface area contributed by atoms with E-state index in [1.165, 1.54) is 12.5 Å². The van der Waals surface area contributed by atoms with Gasteiger partial charge in [0, 0.05) is 32.1 Å². The number of hydrogen-bond donors (Lipinski definition) is 2. The molecular weight excluding hydrogens is 228 g/mol. The highest BCUT2D eigenvalue weighted by Crippen LogP contribution is 2.20. The van der Waals surface area contributed by atoms with Crippen molar-refractivity contribution < 1.29 is 9.90 Å². The molecule has 18 heavy (non-hydrogen) atoms.